The largest absolute Gasteiger partial charge is 0.508 e. The van der Waals surface area contributed by atoms with E-state index in [4.69, 9.17) is 9.40 Å². The lowest BCUT2D eigenvalue weighted by molar-refractivity contribution is -0.139. The molecule has 1 amide bonds. The first-order chi connectivity index (χ1) is 18.5. The number of carboxylic acids is 1. The minimum absolute atomic E-state index is 0.0335. The van der Waals surface area contributed by atoms with Crippen LogP contribution in [0.3, 0.4) is 0 Å². The summed E-state index contributed by atoms with van der Waals surface area (Å²) in [5, 5.41) is 23.0. The van der Waals surface area contributed by atoms with E-state index in [2.05, 4.69) is 19.9 Å². The molecule has 10 heteroatoms. The molecule has 38 heavy (non-hydrogen) atoms. The number of furan rings is 1. The molecule has 0 saturated heterocycles. The Kier molecular flexibility index (Phi) is 6.07. The lowest BCUT2D eigenvalue weighted by atomic mass is 9.95. The highest BCUT2D eigenvalue weighted by Gasteiger charge is 2.26. The summed E-state index contributed by atoms with van der Waals surface area (Å²) in [6.45, 7) is 0. The molecule has 1 atom stereocenters. The average molecular weight is 514 g/mol. The van der Waals surface area contributed by atoms with Crippen molar-refractivity contribution in [2.75, 3.05) is 0 Å². The van der Waals surface area contributed by atoms with E-state index in [-0.39, 0.29) is 23.9 Å². The summed E-state index contributed by atoms with van der Waals surface area (Å²) < 4.78 is 7.81. The number of rotatable bonds is 7. The predicted molar refractivity (Wildman–Crippen MR) is 140 cm³/mol. The monoisotopic (exact) mass is 513 g/mol. The van der Waals surface area contributed by atoms with E-state index in [1.165, 1.54) is 6.42 Å². The number of hydrogen-bond donors (Lipinski definition) is 4. The molecule has 1 aromatic carbocycles. The Morgan fingerprint density at radius 3 is 2.74 bits per heavy atom. The number of amides is 1. The van der Waals surface area contributed by atoms with Gasteiger partial charge < -0.3 is 29.5 Å². The number of pyridine rings is 1. The van der Waals surface area contributed by atoms with Gasteiger partial charge in [0.15, 0.2) is 17.2 Å². The Morgan fingerprint density at radius 1 is 1.13 bits per heavy atom. The Labute approximate surface area is 217 Å². The molecule has 1 aliphatic rings. The van der Waals surface area contributed by atoms with E-state index in [0.29, 0.717) is 28.2 Å². The van der Waals surface area contributed by atoms with Gasteiger partial charge in [-0.2, -0.15) is 0 Å². The molecule has 6 rings (SSSR count). The molecule has 10 nitrogen and oxygen atoms in total. The van der Waals surface area contributed by atoms with Gasteiger partial charge >= 0.3 is 5.97 Å². The molecule has 0 aliphatic heterocycles. The molecule has 4 heterocycles. The first-order valence-corrected chi connectivity index (χ1v) is 12.7. The lowest BCUT2D eigenvalue weighted by Crippen LogP contribution is -2.42. The van der Waals surface area contributed by atoms with Crippen LogP contribution in [0.5, 0.6) is 5.75 Å². The maximum Gasteiger partial charge on any atom is 0.326 e. The van der Waals surface area contributed by atoms with Gasteiger partial charge in [-0.1, -0.05) is 19.3 Å². The maximum absolute atomic E-state index is 13.1. The van der Waals surface area contributed by atoms with Gasteiger partial charge in [0.25, 0.3) is 5.91 Å². The third-order valence-electron chi connectivity index (χ3n) is 7.25. The summed E-state index contributed by atoms with van der Waals surface area (Å²) in [5.74, 6) is -0.388. The fourth-order valence-electron chi connectivity index (χ4n) is 5.38. The van der Waals surface area contributed by atoms with Gasteiger partial charge in [-0.05, 0) is 60.9 Å². The van der Waals surface area contributed by atoms with Crippen LogP contribution >= 0.6 is 0 Å². The van der Waals surface area contributed by atoms with Crippen molar-refractivity contribution >= 4 is 33.9 Å². The quantitative estimate of drug-likeness (QED) is 0.244. The van der Waals surface area contributed by atoms with Crippen LogP contribution in [0.1, 0.15) is 54.2 Å². The fraction of sp³-hybridized carbons (Fsp3) is 0.286. The van der Waals surface area contributed by atoms with Crippen molar-refractivity contribution in [3.63, 3.8) is 0 Å². The van der Waals surface area contributed by atoms with Crippen molar-refractivity contribution in [3.05, 3.63) is 66.2 Å². The van der Waals surface area contributed by atoms with Crippen molar-refractivity contribution < 1.29 is 24.2 Å². The number of nitrogens with one attached hydrogen (secondary N) is 2. The van der Waals surface area contributed by atoms with E-state index >= 15 is 0 Å². The number of carboxylic acid groups (broad SMARTS) is 1. The highest BCUT2D eigenvalue weighted by Crippen LogP contribution is 2.35. The van der Waals surface area contributed by atoms with Crippen molar-refractivity contribution in [1.82, 2.24) is 24.8 Å². The molecule has 5 aromatic rings. The van der Waals surface area contributed by atoms with Crippen molar-refractivity contribution in [3.8, 4) is 17.3 Å². The second kappa shape index (κ2) is 9.70. The fourth-order valence-corrected chi connectivity index (χ4v) is 5.38. The molecule has 0 unspecified atom stereocenters. The van der Waals surface area contributed by atoms with Gasteiger partial charge in [0, 0.05) is 29.6 Å². The number of aliphatic carboxylic acids is 1. The molecular formula is C28H27N5O5. The third kappa shape index (κ3) is 4.38. The van der Waals surface area contributed by atoms with Gasteiger partial charge in [-0.3, -0.25) is 4.79 Å². The Hall–Kier alpha value is -4.60. The molecule has 1 aliphatic carbocycles. The zero-order valence-corrected chi connectivity index (χ0v) is 20.6. The van der Waals surface area contributed by atoms with Crippen molar-refractivity contribution in [1.29, 1.82) is 0 Å². The average Bonchev–Trinajstić information content (AvgIpc) is 3.67. The number of carbonyl (C=O) groups excluding carboxylic acids is 1. The van der Waals surface area contributed by atoms with E-state index < -0.39 is 17.9 Å². The number of hydrogen-bond acceptors (Lipinski definition) is 6. The summed E-state index contributed by atoms with van der Waals surface area (Å²) in [6, 6.07) is 11.0. The zero-order chi connectivity index (χ0) is 26.2. The number of aromatic nitrogens is 4. The highest BCUT2D eigenvalue weighted by atomic mass is 16.4. The number of H-pyrrole nitrogens is 1. The van der Waals surface area contributed by atoms with Gasteiger partial charge in [-0.15, -0.1) is 0 Å². The third-order valence-corrected chi connectivity index (χ3v) is 7.25. The number of benzene rings is 1. The lowest BCUT2D eigenvalue weighted by Gasteiger charge is -2.25. The molecule has 0 spiro atoms. The number of nitrogens with zero attached hydrogens (tertiary/aromatic N) is 3. The molecule has 1 fully saturated rings. The molecule has 4 aromatic heterocycles. The second-order valence-corrected chi connectivity index (χ2v) is 9.73. The standard InChI is InChI=1S/C28H27N5O5/c34-18-8-9-20-19(14-18)16(15-29-20)13-22(28(36)37)31-27(35)21-10-11-23-25(30-21)32-26(24-7-4-12-38-24)33(23)17-5-2-1-3-6-17/h4,7-12,14-15,17,22,29,34H,1-3,5-6,13H2,(H,31,35)(H,36,37)/t22-/m0/s1. The highest BCUT2D eigenvalue weighted by molar-refractivity contribution is 5.97. The summed E-state index contributed by atoms with van der Waals surface area (Å²) in [6.07, 6.45) is 8.89. The SMILES string of the molecule is O=C(N[C@@H](Cc1c[nH]c2ccc(O)cc12)C(=O)O)c1ccc2c(n1)nc(-c1ccco1)n2C1CCCCC1. The number of phenols is 1. The molecule has 1 saturated carbocycles. The topological polar surface area (TPSA) is 146 Å². The maximum atomic E-state index is 13.1. The van der Waals surface area contributed by atoms with E-state index in [9.17, 15) is 19.8 Å². The number of fused-ring (bicyclic) bond motifs is 2. The Bertz CT molecular complexity index is 1630. The molecule has 0 radical (unpaired) electrons. The minimum Gasteiger partial charge on any atom is -0.508 e. The van der Waals surface area contributed by atoms with Crippen LogP contribution in [0.25, 0.3) is 33.7 Å². The number of carbonyl (C=O) groups is 2. The van der Waals surface area contributed by atoms with E-state index in [0.717, 1.165) is 36.7 Å². The van der Waals surface area contributed by atoms with Crippen LogP contribution in [0.15, 0.2) is 59.3 Å². The van der Waals surface area contributed by atoms with E-state index in [1.807, 2.05) is 18.2 Å². The molecule has 0 bridgehead atoms. The number of aromatic amines is 1. The van der Waals surface area contributed by atoms with Gasteiger partial charge in [0.2, 0.25) is 0 Å². The van der Waals surface area contributed by atoms with Crippen LogP contribution in [0, 0.1) is 0 Å². The molecular weight excluding hydrogens is 486 g/mol. The van der Waals surface area contributed by atoms with E-state index in [1.54, 1.807) is 36.7 Å². The first kappa shape index (κ1) is 23.8. The molecule has 4 N–H and O–H groups in total. The number of phenolic OH excluding ortho intramolecular Hbond substituents is 1. The summed E-state index contributed by atoms with van der Waals surface area (Å²) >= 11 is 0. The van der Waals surface area contributed by atoms with Crippen molar-refractivity contribution in [2.45, 2.75) is 50.6 Å². The van der Waals surface area contributed by atoms with Crippen LogP contribution in [0.4, 0.5) is 0 Å². The van der Waals surface area contributed by atoms with Crippen LogP contribution in [-0.2, 0) is 11.2 Å². The van der Waals surface area contributed by atoms with Crippen LogP contribution in [0.2, 0.25) is 0 Å². The molecule has 194 valence electrons. The normalized spacial score (nSPS) is 15.2. The zero-order valence-electron chi connectivity index (χ0n) is 20.6. The van der Waals surface area contributed by atoms with Gasteiger partial charge in [0.1, 0.15) is 17.5 Å². The summed E-state index contributed by atoms with van der Waals surface area (Å²) in [5.41, 5.74) is 2.74. The number of imidazole rings is 1. The predicted octanol–water partition coefficient (Wildman–Crippen LogP) is 4.81. The van der Waals surface area contributed by atoms with Crippen LogP contribution in [-0.4, -0.2) is 47.7 Å². The second-order valence-electron chi connectivity index (χ2n) is 9.73. The van der Waals surface area contributed by atoms with Crippen LogP contribution < -0.4 is 5.32 Å². The number of aromatic hydroxyl groups is 1. The summed E-state index contributed by atoms with van der Waals surface area (Å²) in [7, 11) is 0. The minimum atomic E-state index is -1.19. The smallest absolute Gasteiger partial charge is 0.326 e. The Morgan fingerprint density at radius 2 is 1.97 bits per heavy atom. The van der Waals surface area contributed by atoms with Gasteiger partial charge in [0.05, 0.1) is 11.8 Å². The summed E-state index contributed by atoms with van der Waals surface area (Å²) in [4.78, 5) is 37.5. The first-order valence-electron chi connectivity index (χ1n) is 12.7. The van der Waals surface area contributed by atoms with Crippen molar-refractivity contribution in [2.24, 2.45) is 0 Å². The van der Waals surface area contributed by atoms with Gasteiger partial charge in [-0.25, -0.2) is 14.8 Å². The Balaban J connectivity index is 1.29.